The fourth-order valence-corrected chi connectivity index (χ4v) is 6.96. The van der Waals surface area contributed by atoms with E-state index in [0.29, 0.717) is 96.8 Å². The van der Waals surface area contributed by atoms with Gasteiger partial charge in [0.15, 0.2) is 5.82 Å². The van der Waals surface area contributed by atoms with E-state index in [-0.39, 0.29) is 28.7 Å². The maximum Gasteiger partial charge on any atom is 0.291 e. The quantitative estimate of drug-likeness (QED) is 0.194. The zero-order valence-corrected chi connectivity index (χ0v) is 30.6. The second kappa shape index (κ2) is 15.8. The molecule has 0 radical (unpaired) electrons. The number of benzene rings is 1. The lowest BCUT2D eigenvalue weighted by Gasteiger charge is -2.27. The Balaban J connectivity index is 1.18. The van der Waals surface area contributed by atoms with Gasteiger partial charge in [0.05, 0.1) is 46.5 Å². The second-order valence-corrected chi connectivity index (χ2v) is 13.7. The van der Waals surface area contributed by atoms with Gasteiger partial charge < -0.3 is 35.1 Å². The standard InChI is InChI=1S/C36H41Cl2N9O4/c1-45(2)16-14-30(49)47-17-13-28-27(20-47)42-34(46(28)3)35(50)43-26-7-5-6-24(31(26)37)33-32(38)23(12-15-40-33)25-10-8-21(36(44-25)51-4)18-39-19-22-9-11-29(48)41-22/h5-8,10,12,15,22,39H,9,11,13-14,16-20H2,1-4H3,(H,41,48)(H,43,50)/t22-/m0/s1. The molecular weight excluding hydrogens is 693 g/mol. The van der Waals surface area contributed by atoms with Crippen molar-refractivity contribution in [1.82, 2.24) is 40.0 Å². The highest BCUT2D eigenvalue weighted by molar-refractivity contribution is 6.39. The van der Waals surface area contributed by atoms with Crippen molar-refractivity contribution in [2.75, 3.05) is 46.2 Å². The molecule has 1 atom stereocenters. The Labute approximate surface area is 306 Å². The lowest BCUT2D eigenvalue weighted by atomic mass is 10.1. The number of hydrogen-bond acceptors (Lipinski definition) is 9. The average Bonchev–Trinajstić information content (AvgIpc) is 3.69. The number of methoxy groups -OCH3 is 1. The molecule has 15 heteroatoms. The van der Waals surface area contributed by atoms with Crippen molar-refractivity contribution in [3.63, 3.8) is 0 Å². The summed E-state index contributed by atoms with van der Waals surface area (Å²) in [7, 11) is 7.25. The summed E-state index contributed by atoms with van der Waals surface area (Å²) in [5.74, 6) is 0.401. The number of rotatable bonds is 12. The van der Waals surface area contributed by atoms with Gasteiger partial charge in [-0.2, -0.15) is 0 Å². The van der Waals surface area contributed by atoms with E-state index in [1.165, 1.54) is 0 Å². The molecule has 268 valence electrons. The van der Waals surface area contributed by atoms with Crippen LogP contribution < -0.4 is 20.7 Å². The average molecular weight is 735 g/mol. The predicted molar refractivity (Wildman–Crippen MR) is 196 cm³/mol. The van der Waals surface area contributed by atoms with Gasteiger partial charge in [0.2, 0.25) is 17.7 Å². The van der Waals surface area contributed by atoms with Crippen molar-refractivity contribution in [2.45, 2.75) is 44.8 Å². The Bertz CT molecular complexity index is 1960. The number of carbonyl (C=O) groups excluding carboxylic acids is 3. The topological polar surface area (TPSA) is 147 Å². The summed E-state index contributed by atoms with van der Waals surface area (Å²) in [5.41, 5.74) is 5.05. The molecule has 51 heavy (non-hydrogen) atoms. The number of halogens is 2. The molecule has 3 aromatic heterocycles. The molecule has 5 heterocycles. The first-order valence-electron chi connectivity index (χ1n) is 16.8. The van der Waals surface area contributed by atoms with E-state index in [2.05, 4.69) is 25.9 Å². The number of nitrogens with one attached hydrogen (secondary N) is 3. The number of amides is 3. The Morgan fingerprint density at radius 2 is 1.90 bits per heavy atom. The van der Waals surface area contributed by atoms with Crippen LogP contribution in [0.4, 0.5) is 5.69 Å². The zero-order valence-electron chi connectivity index (χ0n) is 29.1. The van der Waals surface area contributed by atoms with Crippen LogP contribution >= 0.6 is 23.2 Å². The molecule has 13 nitrogen and oxygen atoms in total. The molecule has 3 N–H and O–H groups in total. The molecule has 0 aliphatic carbocycles. The van der Waals surface area contributed by atoms with E-state index in [0.717, 1.165) is 17.7 Å². The monoisotopic (exact) mass is 733 g/mol. The molecule has 2 aliphatic rings. The molecule has 0 saturated carbocycles. The Morgan fingerprint density at radius 1 is 1.08 bits per heavy atom. The van der Waals surface area contributed by atoms with E-state index in [1.807, 2.05) is 31.1 Å². The third-order valence-corrected chi connectivity index (χ3v) is 9.96. The highest BCUT2D eigenvalue weighted by Gasteiger charge is 2.28. The molecule has 1 fully saturated rings. The number of fused-ring (bicyclic) bond motifs is 1. The summed E-state index contributed by atoms with van der Waals surface area (Å²) >= 11 is 13.9. The maximum absolute atomic E-state index is 13.6. The first-order valence-corrected chi connectivity index (χ1v) is 17.6. The molecule has 0 spiro atoms. The molecule has 3 amide bonds. The normalized spacial score (nSPS) is 15.5. The number of carbonyl (C=O) groups is 3. The van der Waals surface area contributed by atoms with Crippen LogP contribution in [0.15, 0.2) is 42.6 Å². The van der Waals surface area contributed by atoms with Gasteiger partial charge in [-0.05, 0) is 38.7 Å². The highest BCUT2D eigenvalue weighted by atomic mass is 35.5. The van der Waals surface area contributed by atoms with Gasteiger partial charge >= 0.3 is 0 Å². The number of imidazole rings is 1. The van der Waals surface area contributed by atoms with Crippen molar-refractivity contribution in [3.8, 4) is 28.4 Å². The van der Waals surface area contributed by atoms with Gasteiger partial charge in [0.1, 0.15) is 0 Å². The van der Waals surface area contributed by atoms with Crippen LogP contribution in [0.3, 0.4) is 0 Å². The number of nitrogens with zero attached hydrogens (tertiary/aromatic N) is 6. The third-order valence-electron chi connectivity index (χ3n) is 9.18. The first kappa shape index (κ1) is 36.2. The van der Waals surface area contributed by atoms with E-state index in [9.17, 15) is 14.4 Å². The minimum Gasteiger partial charge on any atom is -0.481 e. The van der Waals surface area contributed by atoms with Crippen LogP contribution in [0, 0.1) is 0 Å². The fraction of sp³-hybridized carbons (Fsp3) is 0.389. The summed E-state index contributed by atoms with van der Waals surface area (Å²) in [4.78, 5) is 55.5. The molecule has 2 aliphatic heterocycles. The fourth-order valence-electron chi connectivity index (χ4n) is 6.38. The van der Waals surface area contributed by atoms with E-state index >= 15 is 0 Å². The maximum atomic E-state index is 13.6. The number of anilines is 1. The highest BCUT2D eigenvalue weighted by Crippen LogP contribution is 2.40. The van der Waals surface area contributed by atoms with Crippen LogP contribution in [-0.4, -0.2) is 93.9 Å². The van der Waals surface area contributed by atoms with Gasteiger partial charge in [0, 0.05) is 87.1 Å². The zero-order chi connectivity index (χ0) is 36.2. The van der Waals surface area contributed by atoms with Crippen LogP contribution in [-0.2, 0) is 36.1 Å². The molecule has 0 unspecified atom stereocenters. The molecule has 1 saturated heterocycles. The lowest BCUT2D eigenvalue weighted by molar-refractivity contribution is -0.132. The number of pyridine rings is 2. The van der Waals surface area contributed by atoms with Gasteiger partial charge in [-0.15, -0.1) is 0 Å². The molecular formula is C36H41Cl2N9O4. The van der Waals surface area contributed by atoms with Gasteiger partial charge in [-0.1, -0.05) is 41.4 Å². The van der Waals surface area contributed by atoms with Crippen LogP contribution in [0.1, 0.15) is 46.8 Å². The third kappa shape index (κ3) is 8.01. The molecule has 1 aromatic carbocycles. The van der Waals surface area contributed by atoms with E-state index in [4.69, 9.17) is 32.9 Å². The number of ether oxygens (including phenoxy) is 1. The molecule has 0 bridgehead atoms. The van der Waals surface area contributed by atoms with Crippen LogP contribution in [0.2, 0.25) is 10.0 Å². The van der Waals surface area contributed by atoms with Crippen molar-refractivity contribution >= 4 is 46.6 Å². The Hall–Kier alpha value is -4.56. The van der Waals surface area contributed by atoms with E-state index in [1.54, 1.807) is 54.1 Å². The van der Waals surface area contributed by atoms with Crippen LogP contribution in [0.25, 0.3) is 22.5 Å². The Kier molecular flexibility index (Phi) is 11.2. The lowest BCUT2D eigenvalue weighted by Crippen LogP contribution is -2.37. The van der Waals surface area contributed by atoms with Crippen molar-refractivity contribution < 1.29 is 19.1 Å². The van der Waals surface area contributed by atoms with Crippen molar-refractivity contribution in [3.05, 3.63) is 75.4 Å². The second-order valence-electron chi connectivity index (χ2n) is 12.9. The van der Waals surface area contributed by atoms with E-state index < -0.39 is 5.91 Å². The Morgan fingerprint density at radius 3 is 2.65 bits per heavy atom. The molecule has 4 aromatic rings. The first-order chi connectivity index (χ1) is 24.5. The van der Waals surface area contributed by atoms with Crippen molar-refractivity contribution in [1.29, 1.82) is 0 Å². The van der Waals surface area contributed by atoms with Crippen LogP contribution in [0.5, 0.6) is 5.88 Å². The summed E-state index contributed by atoms with van der Waals surface area (Å²) in [5, 5.41) is 9.83. The van der Waals surface area contributed by atoms with Gasteiger partial charge in [-0.25, -0.2) is 9.97 Å². The SMILES string of the molecule is COc1nc(-c2ccnc(-c3cccc(NC(=O)c4nc5c(n4C)CCN(C(=O)CCN(C)C)C5)c3Cl)c2Cl)ccc1CNC[C@@H]1CCC(=O)N1. The van der Waals surface area contributed by atoms with Crippen molar-refractivity contribution in [2.24, 2.45) is 7.05 Å². The predicted octanol–water partition coefficient (Wildman–Crippen LogP) is 4.32. The number of aromatic nitrogens is 4. The largest absolute Gasteiger partial charge is 0.481 e. The van der Waals surface area contributed by atoms with Gasteiger partial charge in [-0.3, -0.25) is 19.4 Å². The summed E-state index contributed by atoms with van der Waals surface area (Å²) in [6, 6.07) is 10.9. The van der Waals surface area contributed by atoms with Gasteiger partial charge in [0.25, 0.3) is 5.91 Å². The summed E-state index contributed by atoms with van der Waals surface area (Å²) in [6.07, 6.45) is 4.04. The smallest absolute Gasteiger partial charge is 0.291 e. The summed E-state index contributed by atoms with van der Waals surface area (Å²) in [6.45, 7) is 2.78. The number of hydrogen-bond donors (Lipinski definition) is 3. The summed E-state index contributed by atoms with van der Waals surface area (Å²) < 4.78 is 7.39. The minimum absolute atomic E-state index is 0.0679. The molecule has 6 rings (SSSR count). The minimum atomic E-state index is -0.428.